The van der Waals surface area contributed by atoms with E-state index in [-0.39, 0.29) is 35.7 Å². The molecule has 3 aromatic rings. The first-order chi connectivity index (χ1) is 16.4. The summed E-state index contributed by atoms with van der Waals surface area (Å²) in [5.74, 6) is -0.0966. The zero-order chi connectivity index (χ0) is 25.4. The molecule has 190 valence electrons. The van der Waals surface area contributed by atoms with Gasteiger partial charge in [0, 0.05) is 50.3 Å². The van der Waals surface area contributed by atoms with Crippen LogP contribution in [-0.4, -0.2) is 67.6 Å². The minimum absolute atomic E-state index is 0.0606. The first-order valence-corrected chi connectivity index (χ1v) is 11.9. The molecule has 1 saturated heterocycles. The van der Waals surface area contributed by atoms with Crippen LogP contribution in [0.5, 0.6) is 0 Å². The molecule has 0 radical (unpaired) electrons. The van der Waals surface area contributed by atoms with Gasteiger partial charge in [-0.05, 0) is 12.8 Å². The predicted octanol–water partition coefficient (Wildman–Crippen LogP) is 2.62. The number of nitrogens with one attached hydrogen (secondary N) is 1. The number of rotatable bonds is 7. The van der Waals surface area contributed by atoms with Gasteiger partial charge in [-0.25, -0.2) is 32.2 Å². The molecule has 0 aliphatic carbocycles. The Kier molecular flexibility index (Phi) is 6.77. The Labute approximate surface area is 196 Å². The van der Waals surface area contributed by atoms with E-state index < -0.39 is 40.4 Å². The van der Waals surface area contributed by atoms with Crippen LogP contribution >= 0.6 is 0 Å². The summed E-state index contributed by atoms with van der Waals surface area (Å²) in [5.41, 5.74) is -1.71. The van der Waals surface area contributed by atoms with E-state index in [2.05, 4.69) is 25.4 Å². The second kappa shape index (κ2) is 9.49. The number of imidazole rings is 1. The Morgan fingerprint density at radius 1 is 1.14 bits per heavy atom. The molecule has 0 spiro atoms. The first-order valence-electron chi connectivity index (χ1n) is 10.4. The van der Waals surface area contributed by atoms with Gasteiger partial charge in [-0.2, -0.15) is 22.6 Å². The smallest absolute Gasteiger partial charge is 0.351 e. The van der Waals surface area contributed by atoms with Crippen LogP contribution in [0.15, 0.2) is 36.1 Å². The normalized spacial score (nSPS) is 16.2. The van der Waals surface area contributed by atoms with Crippen molar-refractivity contribution in [3.8, 4) is 11.3 Å². The van der Waals surface area contributed by atoms with Crippen LogP contribution in [0.1, 0.15) is 18.4 Å². The summed E-state index contributed by atoms with van der Waals surface area (Å²) < 4.78 is 94.9. The molecular formula is C19H21F5N8O2S. The van der Waals surface area contributed by atoms with E-state index in [9.17, 15) is 30.4 Å². The number of alkyl halides is 5. The van der Waals surface area contributed by atoms with Crippen LogP contribution in [0.4, 0.5) is 27.9 Å². The Balaban J connectivity index is 1.49. The molecule has 1 fully saturated rings. The fourth-order valence-corrected chi connectivity index (χ4v) is 5.12. The average molecular weight is 520 g/mol. The van der Waals surface area contributed by atoms with Gasteiger partial charge in [-0.15, -0.1) is 0 Å². The number of anilines is 1. The van der Waals surface area contributed by atoms with Crippen molar-refractivity contribution in [3.63, 3.8) is 0 Å². The highest BCUT2D eigenvalue weighted by molar-refractivity contribution is 7.89. The van der Waals surface area contributed by atoms with E-state index in [0.29, 0.717) is 19.0 Å². The molecule has 0 atom stereocenters. The van der Waals surface area contributed by atoms with Gasteiger partial charge in [0.1, 0.15) is 12.1 Å². The largest absolute Gasteiger partial charge is 0.419 e. The lowest BCUT2D eigenvalue weighted by Gasteiger charge is -2.31. The van der Waals surface area contributed by atoms with E-state index in [0.717, 1.165) is 17.1 Å². The van der Waals surface area contributed by atoms with Gasteiger partial charge in [0.15, 0.2) is 5.03 Å². The van der Waals surface area contributed by atoms with E-state index in [4.69, 9.17) is 0 Å². The fourth-order valence-electron chi connectivity index (χ4n) is 3.68. The molecule has 4 rings (SSSR count). The molecule has 35 heavy (non-hydrogen) atoms. The zero-order valence-electron chi connectivity index (χ0n) is 18.3. The van der Waals surface area contributed by atoms with Gasteiger partial charge in [0.2, 0.25) is 5.95 Å². The summed E-state index contributed by atoms with van der Waals surface area (Å²) >= 11 is 0. The first kappa shape index (κ1) is 25.0. The molecule has 16 heteroatoms. The van der Waals surface area contributed by atoms with Crippen molar-refractivity contribution in [3.05, 3.63) is 36.7 Å². The number of aromatic nitrogens is 6. The van der Waals surface area contributed by atoms with Crippen LogP contribution in [0.25, 0.3) is 11.3 Å². The molecule has 1 aliphatic heterocycles. The van der Waals surface area contributed by atoms with Crippen molar-refractivity contribution in [2.45, 2.75) is 43.1 Å². The maximum absolute atomic E-state index is 13.5. The Morgan fingerprint density at radius 2 is 1.86 bits per heavy atom. The molecule has 0 unspecified atom stereocenters. The summed E-state index contributed by atoms with van der Waals surface area (Å²) in [6.07, 6.45) is -1.27. The summed E-state index contributed by atoms with van der Waals surface area (Å²) in [4.78, 5) is 11.6. The molecule has 0 bridgehead atoms. The number of sulfonamides is 1. The van der Waals surface area contributed by atoms with Crippen molar-refractivity contribution in [2.24, 2.45) is 7.05 Å². The van der Waals surface area contributed by atoms with Gasteiger partial charge < -0.3 is 9.88 Å². The van der Waals surface area contributed by atoms with Crippen LogP contribution in [0.3, 0.4) is 0 Å². The minimum Gasteiger partial charge on any atom is -0.351 e. The Morgan fingerprint density at radius 3 is 2.46 bits per heavy atom. The monoisotopic (exact) mass is 520 g/mol. The van der Waals surface area contributed by atoms with Gasteiger partial charge in [0.05, 0.1) is 18.2 Å². The fraction of sp³-hybridized carbons (Fsp3) is 0.474. The van der Waals surface area contributed by atoms with Gasteiger partial charge in [-0.3, -0.25) is 4.68 Å². The molecule has 0 saturated carbocycles. The Bertz CT molecular complexity index is 1280. The number of halogens is 5. The third-order valence-corrected chi connectivity index (χ3v) is 7.18. The van der Waals surface area contributed by atoms with Crippen molar-refractivity contribution >= 4 is 16.0 Å². The van der Waals surface area contributed by atoms with E-state index in [1.54, 1.807) is 7.05 Å². The van der Waals surface area contributed by atoms with Gasteiger partial charge in [0.25, 0.3) is 16.4 Å². The zero-order valence-corrected chi connectivity index (χ0v) is 19.1. The highest BCUT2D eigenvalue weighted by Crippen LogP contribution is 2.36. The maximum atomic E-state index is 13.5. The molecule has 0 amide bonds. The third kappa shape index (κ3) is 5.58. The number of nitrogens with zero attached hydrogens (tertiary/aromatic N) is 7. The number of piperidine rings is 1. The number of hydrogen-bond donors (Lipinski definition) is 1. The third-order valence-electron chi connectivity index (χ3n) is 5.40. The molecular weight excluding hydrogens is 499 g/mol. The second-order valence-corrected chi connectivity index (χ2v) is 9.88. The van der Waals surface area contributed by atoms with Crippen LogP contribution in [0.2, 0.25) is 0 Å². The van der Waals surface area contributed by atoms with Crippen molar-refractivity contribution < 1.29 is 30.4 Å². The highest BCUT2D eigenvalue weighted by atomic mass is 32.2. The number of aryl methyl sites for hydroxylation is 1. The van der Waals surface area contributed by atoms with E-state index >= 15 is 0 Å². The molecule has 1 N–H and O–H groups in total. The average Bonchev–Trinajstić information content (AvgIpc) is 3.42. The van der Waals surface area contributed by atoms with Crippen LogP contribution in [0, 0.1) is 0 Å². The van der Waals surface area contributed by atoms with Crippen LogP contribution < -0.4 is 5.32 Å². The van der Waals surface area contributed by atoms with Gasteiger partial charge in [-0.1, -0.05) is 0 Å². The quantitative estimate of drug-likeness (QED) is 0.477. The predicted molar refractivity (Wildman–Crippen MR) is 113 cm³/mol. The molecule has 0 aromatic carbocycles. The van der Waals surface area contributed by atoms with E-state index in [1.807, 2.05) is 0 Å². The van der Waals surface area contributed by atoms with Crippen LogP contribution in [-0.2, 0) is 29.8 Å². The lowest BCUT2D eigenvalue weighted by Crippen LogP contribution is -2.42. The SMILES string of the molecule is Cn1cnc(S(=O)(=O)N2CCC(Nc3ncc(C(F)(F)F)c(-c4cnn(CC(F)F)c4)n3)CC2)c1. The molecule has 1 aliphatic rings. The summed E-state index contributed by atoms with van der Waals surface area (Å²) in [7, 11) is -2.10. The maximum Gasteiger partial charge on any atom is 0.419 e. The Hall–Kier alpha value is -3.14. The number of hydrogen-bond acceptors (Lipinski definition) is 7. The second-order valence-electron chi connectivity index (χ2n) is 8.00. The van der Waals surface area contributed by atoms with Crippen molar-refractivity contribution in [1.29, 1.82) is 0 Å². The summed E-state index contributed by atoms with van der Waals surface area (Å²) in [5, 5.41) is 6.56. The van der Waals surface area contributed by atoms with Gasteiger partial charge >= 0.3 is 6.18 Å². The lowest BCUT2D eigenvalue weighted by atomic mass is 10.1. The topological polar surface area (TPSA) is 111 Å². The molecule has 3 aromatic heterocycles. The lowest BCUT2D eigenvalue weighted by molar-refractivity contribution is -0.137. The molecule has 10 nitrogen and oxygen atoms in total. The van der Waals surface area contributed by atoms with Crippen molar-refractivity contribution in [2.75, 3.05) is 18.4 Å². The summed E-state index contributed by atoms with van der Waals surface area (Å²) in [6, 6.07) is -0.295. The van der Waals surface area contributed by atoms with E-state index in [1.165, 1.54) is 21.4 Å². The highest BCUT2D eigenvalue weighted by Gasteiger charge is 2.36. The molecule has 4 heterocycles. The van der Waals surface area contributed by atoms with Crippen molar-refractivity contribution in [1.82, 2.24) is 33.6 Å². The minimum atomic E-state index is -4.77. The summed E-state index contributed by atoms with van der Waals surface area (Å²) in [6.45, 7) is -0.424. The standard InChI is InChI=1S/C19H21F5N8O2S/c1-30-10-16(26-11-30)35(33,34)32-4-2-13(3-5-32)28-18-25-7-14(19(22,23)24)17(29-18)12-6-27-31(8-12)9-15(20)21/h6-8,10-11,13,15H,2-5,9H2,1H3,(H,25,28,29).